The van der Waals surface area contributed by atoms with Crippen LogP contribution in [0.25, 0.3) is 0 Å². The van der Waals surface area contributed by atoms with Crippen molar-refractivity contribution < 1.29 is 9.13 Å². The molecular weight excluding hydrogens is 333 g/mol. The minimum Gasteiger partial charge on any atom is -0.488 e. The molecule has 1 rings (SSSR count). The number of hydrogen-bond acceptors (Lipinski definition) is 2. The summed E-state index contributed by atoms with van der Waals surface area (Å²) in [5, 5.41) is 3.43. The first-order valence-corrected chi connectivity index (χ1v) is 7.65. The lowest BCUT2D eigenvalue weighted by atomic mass is 10.2. The number of hydrogen-bond donors (Lipinski definition) is 1. The van der Waals surface area contributed by atoms with E-state index in [0.29, 0.717) is 16.3 Å². The van der Waals surface area contributed by atoms with Gasteiger partial charge >= 0.3 is 0 Å². The highest BCUT2D eigenvalue weighted by atomic mass is 79.9. The van der Waals surface area contributed by atoms with Crippen LogP contribution in [0.1, 0.15) is 33.6 Å². The SMILES string of the molecule is CCCC(CNC(C)C)Oc1cc(F)c(Cl)cc1Br. The van der Waals surface area contributed by atoms with Gasteiger partial charge in [0.2, 0.25) is 0 Å². The first kappa shape index (κ1) is 16.7. The molecule has 5 heteroatoms. The summed E-state index contributed by atoms with van der Waals surface area (Å²) in [4.78, 5) is 0. The quantitative estimate of drug-likeness (QED) is 0.713. The zero-order valence-electron chi connectivity index (χ0n) is 11.5. The Morgan fingerprint density at radius 2 is 2.11 bits per heavy atom. The van der Waals surface area contributed by atoms with E-state index in [1.54, 1.807) is 0 Å². The number of rotatable bonds is 7. The predicted octanol–water partition coefficient (Wildman–Crippen LogP) is 4.79. The molecule has 1 aromatic rings. The molecule has 1 atom stereocenters. The van der Waals surface area contributed by atoms with Gasteiger partial charge < -0.3 is 10.1 Å². The van der Waals surface area contributed by atoms with E-state index < -0.39 is 5.82 Å². The molecule has 0 aromatic heterocycles. The van der Waals surface area contributed by atoms with E-state index in [1.165, 1.54) is 12.1 Å². The molecule has 0 aliphatic heterocycles. The molecule has 1 aromatic carbocycles. The van der Waals surface area contributed by atoms with Crippen molar-refractivity contribution in [2.45, 2.75) is 45.8 Å². The van der Waals surface area contributed by atoms with Crippen molar-refractivity contribution in [1.82, 2.24) is 5.32 Å². The Morgan fingerprint density at radius 1 is 1.42 bits per heavy atom. The second-order valence-electron chi connectivity index (χ2n) is 4.79. The van der Waals surface area contributed by atoms with E-state index in [-0.39, 0.29) is 11.1 Å². The molecule has 0 spiro atoms. The average molecular weight is 353 g/mol. The van der Waals surface area contributed by atoms with Gasteiger partial charge in [0.05, 0.1) is 9.50 Å². The number of halogens is 3. The van der Waals surface area contributed by atoms with Crippen LogP contribution in [-0.4, -0.2) is 18.7 Å². The van der Waals surface area contributed by atoms with Crippen LogP contribution < -0.4 is 10.1 Å². The van der Waals surface area contributed by atoms with Crippen LogP contribution in [0.3, 0.4) is 0 Å². The summed E-state index contributed by atoms with van der Waals surface area (Å²) >= 11 is 9.06. The molecule has 1 unspecified atom stereocenters. The summed E-state index contributed by atoms with van der Waals surface area (Å²) in [5.41, 5.74) is 0. The van der Waals surface area contributed by atoms with Crippen LogP contribution in [0.2, 0.25) is 5.02 Å². The predicted molar refractivity (Wildman–Crippen MR) is 81.6 cm³/mol. The van der Waals surface area contributed by atoms with Crippen molar-refractivity contribution in [2.75, 3.05) is 6.54 Å². The third-order valence-electron chi connectivity index (χ3n) is 2.63. The van der Waals surface area contributed by atoms with Crippen LogP contribution in [0.15, 0.2) is 16.6 Å². The smallest absolute Gasteiger partial charge is 0.145 e. The molecule has 1 N–H and O–H groups in total. The molecule has 0 aliphatic rings. The minimum absolute atomic E-state index is 0.0178. The van der Waals surface area contributed by atoms with Crippen LogP contribution in [0.4, 0.5) is 4.39 Å². The summed E-state index contributed by atoms with van der Waals surface area (Å²) in [6.45, 7) is 7.01. The monoisotopic (exact) mass is 351 g/mol. The summed E-state index contributed by atoms with van der Waals surface area (Å²) in [7, 11) is 0. The zero-order valence-corrected chi connectivity index (χ0v) is 13.8. The van der Waals surface area contributed by atoms with E-state index >= 15 is 0 Å². The van der Waals surface area contributed by atoms with Gasteiger partial charge in [-0.05, 0) is 28.4 Å². The van der Waals surface area contributed by atoms with Crippen LogP contribution in [0.5, 0.6) is 5.75 Å². The van der Waals surface area contributed by atoms with E-state index in [9.17, 15) is 4.39 Å². The maximum Gasteiger partial charge on any atom is 0.145 e. The maximum atomic E-state index is 13.5. The lowest BCUT2D eigenvalue weighted by Crippen LogP contribution is -2.35. The van der Waals surface area contributed by atoms with Crippen molar-refractivity contribution >= 4 is 27.5 Å². The number of ether oxygens (including phenoxy) is 1. The van der Waals surface area contributed by atoms with Gasteiger partial charge in [0.15, 0.2) is 0 Å². The van der Waals surface area contributed by atoms with Crippen LogP contribution in [-0.2, 0) is 0 Å². The van der Waals surface area contributed by atoms with E-state index in [4.69, 9.17) is 16.3 Å². The Bertz CT molecular complexity index is 415. The second-order valence-corrected chi connectivity index (χ2v) is 6.05. The molecule has 0 aliphatic carbocycles. The minimum atomic E-state index is -0.466. The van der Waals surface area contributed by atoms with E-state index in [2.05, 4.69) is 42.0 Å². The molecule has 108 valence electrons. The van der Waals surface area contributed by atoms with Gasteiger partial charge in [-0.1, -0.05) is 38.8 Å². The molecule has 0 saturated carbocycles. The van der Waals surface area contributed by atoms with Crippen molar-refractivity contribution in [3.63, 3.8) is 0 Å². The standard InChI is InChI=1S/C14H20BrClFNO/c1-4-5-10(8-18-9(2)3)19-14-7-13(17)12(16)6-11(14)15/h6-7,9-10,18H,4-5,8H2,1-3H3. The molecule has 19 heavy (non-hydrogen) atoms. The Labute approximate surface area is 127 Å². The van der Waals surface area contributed by atoms with E-state index in [0.717, 1.165) is 19.4 Å². The Hall–Kier alpha value is -0.320. The summed E-state index contributed by atoms with van der Waals surface area (Å²) < 4.78 is 20.0. The van der Waals surface area contributed by atoms with Crippen molar-refractivity contribution in [1.29, 1.82) is 0 Å². The summed E-state index contributed by atoms with van der Waals surface area (Å²) in [5.74, 6) is 0.0258. The lowest BCUT2D eigenvalue weighted by molar-refractivity contribution is 0.181. The van der Waals surface area contributed by atoms with Crippen molar-refractivity contribution in [3.05, 3.63) is 27.4 Å². The third kappa shape index (κ3) is 5.67. The first-order valence-electron chi connectivity index (χ1n) is 6.48. The van der Waals surface area contributed by atoms with Crippen LogP contribution >= 0.6 is 27.5 Å². The van der Waals surface area contributed by atoms with Gasteiger partial charge in [-0.15, -0.1) is 0 Å². The molecular formula is C14H20BrClFNO. The van der Waals surface area contributed by atoms with E-state index in [1.807, 2.05) is 0 Å². The fraction of sp³-hybridized carbons (Fsp3) is 0.571. The van der Waals surface area contributed by atoms with Crippen LogP contribution in [0, 0.1) is 5.82 Å². The van der Waals surface area contributed by atoms with Gasteiger partial charge in [-0.25, -0.2) is 4.39 Å². The van der Waals surface area contributed by atoms with Gasteiger partial charge in [0, 0.05) is 18.7 Å². The maximum absolute atomic E-state index is 13.5. The molecule has 0 amide bonds. The Morgan fingerprint density at radius 3 is 2.68 bits per heavy atom. The van der Waals surface area contributed by atoms with Gasteiger partial charge in [-0.3, -0.25) is 0 Å². The van der Waals surface area contributed by atoms with Gasteiger partial charge in [-0.2, -0.15) is 0 Å². The molecule has 0 saturated heterocycles. The summed E-state index contributed by atoms with van der Waals surface area (Å²) in [6.07, 6.45) is 1.94. The average Bonchev–Trinajstić information content (AvgIpc) is 2.33. The highest BCUT2D eigenvalue weighted by molar-refractivity contribution is 9.10. The lowest BCUT2D eigenvalue weighted by Gasteiger charge is -2.21. The van der Waals surface area contributed by atoms with Gasteiger partial charge in [0.25, 0.3) is 0 Å². The van der Waals surface area contributed by atoms with Crippen molar-refractivity contribution in [2.24, 2.45) is 0 Å². The molecule has 0 radical (unpaired) electrons. The Balaban J connectivity index is 2.75. The highest BCUT2D eigenvalue weighted by Crippen LogP contribution is 2.31. The third-order valence-corrected chi connectivity index (χ3v) is 3.54. The molecule has 0 heterocycles. The first-order chi connectivity index (χ1) is 8.93. The highest BCUT2D eigenvalue weighted by Gasteiger charge is 2.14. The fourth-order valence-electron chi connectivity index (χ4n) is 1.67. The largest absolute Gasteiger partial charge is 0.488 e. The summed E-state index contributed by atoms with van der Waals surface area (Å²) in [6, 6.07) is 3.24. The molecule has 2 nitrogen and oxygen atoms in total. The van der Waals surface area contributed by atoms with Gasteiger partial charge in [0.1, 0.15) is 17.7 Å². The molecule has 0 bridgehead atoms. The fourth-order valence-corrected chi connectivity index (χ4v) is 2.40. The topological polar surface area (TPSA) is 21.3 Å². The normalized spacial score (nSPS) is 12.8. The number of nitrogens with one attached hydrogen (secondary N) is 1. The second kappa shape index (κ2) is 8.08. The Kier molecular flexibility index (Phi) is 7.11. The molecule has 0 fully saturated rings. The zero-order chi connectivity index (χ0) is 14.4. The number of benzene rings is 1. The van der Waals surface area contributed by atoms with Crippen molar-refractivity contribution in [3.8, 4) is 5.75 Å².